The van der Waals surface area contributed by atoms with E-state index in [-0.39, 0.29) is 62.6 Å². The van der Waals surface area contributed by atoms with E-state index in [0.717, 1.165) is 30.7 Å². The Morgan fingerprint density at radius 3 is 2.08 bits per heavy atom. The fourth-order valence-electron chi connectivity index (χ4n) is 9.20. The predicted molar refractivity (Wildman–Crippen MR) is 263 cm³/mol. The minimum atomic E-state index is -6.16. The summed E-state index contributed by atoms with van der Waals surface area (Å²) in [7, 11) is -12.1. The number of nitrogens with two attached hydrogens (primary N) is 3. The molecule has 16 atom stereocenters. The van der Waals surface area contributed by atoms with E-state index in [4.69, 9.17) is 45.2 Å². The van der Waals surface area contributed by atoms with Gasteiger partial charge in [-0.15, -0.1) is 0 Å². The third-order valence-corrected chi connectivity index (χ3v) is 21.3. The number of nitrogen functional groups attached to an aromatic ring is 3. The molecule has 0 bridgehead atoms. The van der Waals surface area contributed by atoms with E-state index in [0.29, 0.717) is 0 Å². The Hall–Kier alpha value is -5.21. The lowest BCUT2D eigenvalue weighted by Gasteiger charge is -2.35. The number of imidazole rings is 3. The number of nitrogens with zero attached hydrogens (tertiary/aromatic N) is 11. The number of ether oxygens (including phenoxy) is 4. The number of carbonyl (C=O) groups is 1. The van der Waals surface area contributed by atoms with E-state index < -0.39 is 145 Å². The van der Waals surface area contributed by atoms with Crippen molar-refractivity contribution in [2.45, 2.75) is 73.5 Å². The molecule has 432 valence electrons. The molecule has 0 radical (unpaired) electrons. The average Bonchev–Trinajstić information content (AvgIpc) is 4.43. The number of phosphoric ester groups is 1. The number of H-pyrrole nitrogens is 2. The van der Waals surface area contributed by atoms with Crippen LogP contribution in [0.3, 0.4) is 0 Å². The SMILES string of the molecule is CO[C@@H]1[C@H](P(=O)([O-])OC[C@H]2O[C@@H](n3cnc4c(=O)[nH]c(N)nc43)[C@H](O)[C@@H]2O)[C@@H](CSP(=O)(O)OP(=O)(O)OP(=O)(O)OC[C@H]2O[C@@H](n3c[n+](C)c4c(=O)[nH]c(N)nc43)[C@H](O)[C@@H]2CC(=O)N(C)C)O[C@H]1n1cnc2c(N)ncnc21. The number of aliphatic hydroxyl groups excluding tert-OH is 3. The highest BCUT2D eigenvalue weighted by molar-refractivity contribution is 8.55. The van der Waals surface area contributed by atoms with Crippen LogP contribution in [0.4, 0.5) is 17.7 Å². The largest absolute Gasteiger partial charge is 0.778 e. The summed E-state index contributed by atoms with van der Waals surface area (Å²) in [4.78, 5) is 114. The first-order chi connectivity index (χ1) is 37.0. The number of hydrogen-bond acceptors (Lipinski definition) is 29. The maximum absolute atomic E-state index is 14.4. The molecule has 6 aromatic heterocycles. The maximum Gasteiger partial charge on any atom is 0.488 e. The second kappa shape index (κ2) is 21.9. The first-order valence-corrected chi connectivity index (χ1v) is 30.6. The molecular weight excluding hydrogens is 1160 g/mol. The Morgan fingerprint density at radius 2 is 1.39 bits per heavy atom. The van der Waals surface area contributed by atoms with Crippen molar-refractivity contribution in [1.82, 2.24) is 58.5 Å². The zero-order chi connectivity index (χ0) is 57.4. The topological polar surface area (TPSA) is 547 Å². The monoisotopic (exact) mass is 1210 g/mol. The van der Waals surface area contributed by atoms with Crippen LogP contribution in [0, 0.1) is 5.92 Å². The summed E-state index contributed by atoms with van der Waals surface area (Å²) >= 11 is -0.213. The number of anilines is 3. The van der Waals surface area contributed by atoms with Crippen LogP contribution in [0.1, 0.15) is 25.1 Å². The third-order valence-electron chi connectivity index (χ3n) is 12.8. The summed E-state index contributed by atoms with van der Waals surface area (Å²) in [5.41, 5.74) is 13.6. The van der Waals surface area contributed by atoms with Gasteiger partial charge >= 0.3 is 28.0 Å². The van der Waals surface area contributed by atoms with Gasteiger partial charge in [-0.25, -0.2) is 38.2 Å². The summed E-state index contributed by atoms with van der Waals surface area (Å²) in [6.45, 7) is -7.67. The maximum atomic E-state index is 14.4. The van der Waals surface area contributed by atoms with Crippen LogP contribution in [0.2, 0.25) is 0 Å². The Bertz CT molecular complexity index is 3640. The molecule has 0 aromatic carbocycles. The van der Waals surface area contributed by atoms with Gasteiger partial charge in [0.05, 0.1) is 50.8 Å². The number of carbonyl (C=O) groups excluding carboxylic acids is 1. The third kappa shape index (κ3) is 11.7. The van der Waals surface area contributed by atoms with Crippen LogP contribution in [-0.2, 0) is 66.7 Å². The van der Waals surface area contributed by atoms with Crippen molar-refractivity contribution in [3.8, 4) is 0 Å². The first-order valence-electron chi connectivity index (χ1n) is 22.8. The van der Waals surface area contributed by atoms with Gasteiger partial charge in [-0.3, -0.25) is 38.0 Å². The number of nitrogens with one attached hydrogen (secondary N) is 2. The van der Waals surface area contributed by atoms with E-state index in [1.165, 1.54) is 46.1 Å². The van der Waals surface area contributed by atoms with E-state index in [1.807, 2.05) is 0 Å². The summed E-state index contributed by atoms with van der Waals surface area (Å²) in [6, 6.07) is 0. The normalized spacial score (nSPS) is 29.5. The molecule has 0 saturated carbocycles. The molecule has 43 heteroatoms. The van der Waals surface area contributed by atoms with Gasteiger partial charge in [-0.05, 0) is 11.4 Å². The highest BCUT2D eigenvalue weighted by atomic mass is 32.7. The summed E-state index contributed by atoms with van der Waals surface area (Å²) in [5.74, 6) is -3.42. The van der Waals surface area contributed by atoms with Crippen LogP contribution in [0.25, 0.3) is 33.5 Å². The first kappa shape index (κ1) is 58.4. The van der Waals surface area contributed by atoms with Crippen molar-refractivity contribution in [3.63, 3.8) is 0 Å². The van der Waals surface area contributed by atoms with Gasteiger partial charge in [0, 0.05) is 39.3 Å². The Balaban J connectivity index is 0.897. The summed E-state index contributed by atoms with van der Waals surface area (Å²) in [6.07, 6.45) is -12.1. The van der Waals surface area contributed by atoms with Crippen molar-refractivity contribution in [2.75, 3.05) is 57.4 Å². The molecule has 4 unspecified atom stereocenters. The van der Waals surface area contributed by atoms with Crippen LogP contribution < -0.4 is 37.8 Å². The zero-order valence-electron chi connectivity index (χ0n) is 41.1. The van der Waals surface area contributed by atoms with Gasteiger partial charge in [-0.2, -0.15) is 23.2 Å². The smallest absolute Gasteiger partial charge is 0.488 e. The number of phosphoric acid groups is 2. The van der Waals surface area contributed by atoms with Gasteiger partial charge in [-0.1, -0.05) is 0 Å². The second-order valence-electron chi connectivity index (χ2n) is 18.1. The quantitative estimate of drug-likeness (QED) is 0.0258. The summed E-state index contributed by atoms with van der Waals surface area (Å²) in [5, 5.41) is 33.5. The fourth-order valence-corrected chi connectivity index (χ4v) is 17.1. The highest BCUT2D eigenvalue weighted by Gasteiger charge is 2.55. The molecule has 6 aromatic rings. The van der Waals surface area contributed by atoms with Crippen LogP contribution in [-0.4, -0.2) is 183 Å². The lowest BCUT2D eigenvalue weighted by atomic mass is 9.94. The Morgan fingerprint density at radius 1 is 0.785 bits per heavy atom. The second-order valence-corrected chi connectivity index (χ2v) is 27.2. The van der Waals surface area contributed by atoms with Crippen molar-refractivity contribution < 1.29 is 99.1 Å². The molecule has 9 rings (SSSR count). The van der Waals surface area contributed by atoms with E-state index >= 15 is 0 Å². The standard InChI is InChI=1S/C36H50N16O22P4S/c1-48(2)17(53)5-13-14(70-32(21(13)54)52-12-49(3)20-29(52)45-36(39)47-31(20)58)6-69-76(61,62)73-77(63,64)74-78(65,66)79-8-16-25(24(67-4)34(72-16)50-10-42-18-26(37)40-9-41-27(18)50)75(59,60)68-7-15-22(55)23(56)33(71-15)51-11-43-19-28(51)44-35(38)46-30(19)57/h9-16,21-25,32-34,54-56H,5-8H2,1-4H3,(H11-,37,38,39,40,41,44,45,46,47,57,58,59,60,61,62,63,64,65,66)/t13-,14-,15-,16-,21-,22-,23-,24-,25-,32-,33-,34-/m1/s1. The minimum Gasteiger partial charge on any atom is -0.778 e. The molecular formula is C36H50N16O22P4S. The number of aliphatic hydroxyl groups is 3. The van der Waals surface area contributed by atoms with Gasteiger partial charge in [0.2, 0.25) is 30.4 Å². The lowest BCUT2D eigenvalue weighted by Crippen LogP contribution is -2.40. The molecule has 79 heavy (non-hydrogen) atoms. The molecule has 38 nitrogen and oxygen atoms in total. The van der Waals surface area contributed by atoms with E-state index in [9.17, 15) is 67.5 Å². The molecule has 0 spiro atoms. The number of aryl methyl sites for hydroxylation is 1. The highest BCUT2D eigenvalue weighted by Crippen LogP contribution is 2.72. The number of aromatic nitrogens is 12. The fraction of sp³-hybridized carbons (Fsp3) is 0.556. The van der Waals surface area contributed by atoms with Crippen LogP contribution >= 0.6 is 41.4 Å². The van der Waals surface area contributed by atoms with Crippen molar-refractivity contribution >= 4 is 98.5 Å². The van der Waals surface area contributed by atoms with Gasteiger partial charge in [0.1, 0.15) is 50.0 Å². The van der Waals surface area contributed by atoms with Crippen molar-refractivity contribution in [3.05, 3.63) is 46.0 Å². The van der Waals surface area contributed by atoms with Crippen LogP contribution in [0.5, 0.6) is 0 Å². The molecule has 3 saturated heterocycles. The summed E-state index contributed by atoms with van der Waals surface area (Å²) < 4.78 is 102. The van der Waals surface area contributed by atoms with E-state index in [1.54, 1.807) is 0 Å². The zero-order valence-corrected chi connectivity index (χ0v) is 45.5. The number of hydrogen-bond donors (Lipinski definition) is 11. The average molecular weight is 1210 g/mol. The minimum absolute atomic E-state index is 0.00279. The van der Waals surface area contributed by atoms with Gasteiger partial charge in [0.15, 0.2) is 35.1 Å². The molecule has 3 aliphatic rings. The number of fused-ring (bicyclic) bond motifs is 3. The number of aromatic amines is 2. The molecule has 14 N–H and O–H groups in total. The number of methoxy groups -OCH3 is 1. The Kier molecular flexibility index (Phi) is 16.2. The number of rotatable bonds is 20. The molecule has 0 aliphatic carbocycles. The molecule has 3 fully saturated rings. The predicted octanol–water partition coefficient (Wildman–Crippen LogP) is -3.82. The number of amides is 1. The van der Waals surface area contributed by atoms with Crippen molar-refractivity contribution in [1.29, 1.82) is 0 Å². The van der Waals surface area contributed by atoms with Crippen molar-refractivity contribution in [2.24, 2.45) is 13.0 Å². The molecule has 9 heterocycles. The lowest BCUT2D eigenvalue weighted by molar-refractivity contribution is -0.646. The van der Waals surface area contributed by atoms with E-state index in [2.05, 4.69) is 48.5 Å². The van der Waals surface area contributed by atoms with Gasteiger partial charge in [0.25, 0.3) is 16.7 Å². The molecule has 1 amide bonds. The Labute approximate surface area is 444 Å². The van der Waals surface area contributed by atoms with Crippen LogP contribution in [0.15, 0.2) is 34.9 Å². The van der Waals surface area contributed by atoms with Gasteiger partial charge < -0.3 is 85.0 Å². The molecule has 3 aliphatic heterocycles.